The third-order valence-electron chi connectivity index (χ3n) is 1.62. The van der Waals surface area contributed by atoms with Gasteiger partial charge in [-0.05, 0) is 12.5 Å². The molecule has 12 heavy (non-hydrogen) atoms. The fourth-order valence-electron chi connectivity index (χ4n) is 0.895. The van der Waals surface area contributed by atoms with Crippen LogP contribution >= 0.6 is 8.02 Å². The van der Waals surface area contributed by atoms with E-state index in [0.717, 1.165) is 10.5 Å². The standard InChI is InChI=1S/C8H11NOPS/c1-6(9)7-2-4-8(5-3-7)12(10)11/h2-6,11H,9H2,1H3/q-1. The normalized spacial score (nSPS) is 13.2. The van der Waals surface area contributed by atoms with Crippen LogP contribution in [0.1, 0.15) is 18.5 Å². The molecule has 2 nitrogen and oxygen atoms in total. The van der Waals surface area contributed by atoms with E-state index < -0.39 is 9.98 Å². The van der Waals surface area contributed by atoms with Gasteiger partial charge in [-0.3, -0.25) is 0 Å². The Morgan fingerprint density at radius 2 is 1.92 bits per heavy atom. The Kier molecular flexibility index (Phi) is 3.27. The van der Waals surface area contributed by atoms with Crippen molar-refractivity contribution in [2.45, 2.75) is 17.9 Å². The van der Waals surface area contributed by atoms with Crippen molar-refractivity contribution in [2.75, 3.05) is 0 Å². The average Bonchev–Trinajstić information content (AvgIpc) is 2.04. The second-order valence-corrected chi connectivity index (χ2v) is 4.75. The summed E-state index contributed by atoms with van der Waals surface area (Å²) in [5.74, 6) is 0. The minimum Gasteiger partial charge on any atom is -0.453 e. The molecule has 0 aliphatic heterocycles. The van der Waals surface area contributed by atoms with Gasteiger partial charge in [-0.25, -0.2) is 18.0 Å². The molecule has 1 unspecified atom stereocenters. The lowest BCUT2D eigenvalue weighted by Crippen LogP contribution is -2.04. The third-order valence-corrected chi connectivity index (χ3v) is 3.03. The van der Waals surface area contributed by atoms with Crippen LogP contribution in [0.25, 0.3) is 0 Å². The van der Waals surface area contributed by atoms with Crippen molar-refractivity contribution in [1.29, 1.82) is 0 Å². The minimum absolute atomic E-state index is 0.0298. The highest BCUT2D eigenvalue weighted by Crippen LogP contribution is 2.12. The van der Waals surface area contributed by atoms with E-state index in [1.54, 1.807) is 0 Å². The summed E-state index contributed by atoms with van der Waals surface area (Å²) in [5, 5.41) is 0. The number of nitrogens with two attached hydrogens (primary N) is 1. The van der Waals surface area contributed by atoms with E-state index in [2.05, 4.69) is 8.02 Å². The van der Waals surface area contributed by atoms with E-state index in [0.29, 0.717) is 0 Å². The summed E-state index contributed by atoms with van der Waals surface area (Å²) >= 11 is 0. The molecule has 0 radical (unpaired) electrons. The highest BCUT2D eigenvalue weighted by atomic mass is 32.5. The highest BCUT2D eigenvalue weighted by Gasteiger charge is 1.95. The molecule has 1 aromatic rings. The topological polar surface area (TPSA) is 43.1 Å². The van der Waals surface area contributed by atoms with Gasteiger partial charge in [0, 0.05) is 6.04 Å². The van der Waals surface area contributed by atoms with E-state index in [1.807, 2.05) is 31.2 Å². The molecule has 0 spiro atoms. The first-order valence-electron chi connectivity index (χ1n) is 3.60. The fourth-order valence-corrected chi connectivity index (χ4v) is 1.69. The van der Waals surface area contributed by atoms with Gasteiger partial charge in [-0.2, -0.15) is 0 Å². The summed E-state index contributed by atoms with van der Waals surface area (Å²) < 4.78 is 10.9. The summed E-state index contributed by atoms with van der Waals surface area (Å²) in [5.41, 5.74) is 6.70. The molecule has 0 heterocycles. The van der Waals surface area contributed by atoms with Gasteiger partial charge in [0.1, 0.15) is 0 Å². The Labute approximate surface area is 76.1 Å². The quantitative estimate of drug-likeness (QED) is 0.586. The molecule has 0 amide bonds. The largest absolute Gasteiger partial charge is 0.453 e. The van der Waals surface area contributed by atoms with E-state index in [9.17, 15) is 4.21 Å². The second-order valence-electron chi connectivity index (χ2n) is 2.63. The molecule has 2 N–H and O–H groups in total. The third kappa shape index (κ3) is 2.31. The number of benzene rings is 1. The van der Waals surface area contributed by atoms with Gasteiger partial charge < -0.3 is 9.94 Å². The molecule has 0 aliphatic carbocycles. The van der Waals surface area contributed by atoms with Gasteiger partial charge in [0.15, 0.2) is 0 Å². The van der Waals surface area contributed by atoms with E-state index >= 15 is 0 Å². The first kappa shape index (κ1) is 9.72. The molecule has 0 saturated heterocycles. The minimum atomic E-state index is -1.09. The SMILES string of the molecule is CC(N)c1ccc([S-](=O)=P)cc1. The van der Waals surface area contributed by atoms with Crippen LogP contribution in [0.2, 0.25) is 0 Å². The number of rotatable bonds is 2. The van der Waals surface area contributed by atoms with Crippen LogP contribution in [0.15, 0.2) is 29.2 Å². The Hall–Kier alpha value is -0.370. The number of hydrogen-bond acceptors (Lipinski definition) is 3. The highest BCUT2D eigenvalue weighted by molar-refractivity contribution is 8.07. The van der Waals surface area contributed by atoms with Crippen LogP contribution in [0.4, 0.5) is 0 Å². The fraction of sp³-hybridized carbons (Fsp3) is 0.250. The van der Waals surface area contributed by atoms with Crippen molar-refractivity contribution in [1.82, 2.24) is 0 Å². The zero-order valence-electron chi connectivity index (χ0n) is 6.78. The molecule has 1 atom stereocenters. The van der Waals surface area contributed by atoms with Crippen LogP contribution in [-0.4, -0.2) is 0 Å². The molecule has 0 bridgehead atoms. The molecule has 0 aromatic heterocycles. The second kappa shape index (κ2) is 4.04. The summed E-state index contributed by atoms with van der Waals surface area (Å²) in [7, 11) is 1.95. The molecule has 0 saturated carbocycles. The summed E-state index contributed by atoms with van der Waals surface area (Å²) in [4.78, 5) is 0.760. The monoisotopic (exact) mass is 200 g/mol. The molecular formula is C8H11NOPS-. The van der Waals surface area contributed by atoms with Gasteiger partial charge in [-0.1, -0.05) is 24.3 Å². The molecule has 0 fully saturated rings. The lowest BCUT2D eigenvalue weighted by Gasteiger charge is -2.07. The summed E-state index contributed by atoms with van der Waals surface area (Å²) in [6.07, 6.45) is 0. The van der Waals surface area contributed by atoms with E-state index in [-0.39, 0.29) is 6.04 Å². The zero-order chi connectivity index (χ0) is 9.14. The Bertz CT molecular complexity index is 321. The van der Waals surface area contributed by atoms with Crippen molar-refractivity contribution in [3.8, 4) is 0 Å². The molecule has 1 rings (SSSR count). The number of hydrogen-bond donors (Lipinski definition) is 1. The Balaban J connectivity index is 3.01. The van der Waals surface area contributed by atoms with Crippen molar-refractivity contribution in [2.24, 2.45) is 5.73 Å². The molecule has 0 aliphatic rings. The molecule has 66 valence electrons. The van der Waals surface area contributed by atoms with Crippen LogP contribution in [0, 0.1) is 0 Å². The molecule has 4 heteroatoms. The van der Waals surface area contributed by atoms with Crippen molar-refractivity contribution >= 4 is 18.0 Å². The predicted octanol–water partition coefficient (Wildman–Crippen LogP) is 2.09. The Morgan fingerprint density at radius 3 is 2.25 bits per heavy atom. The van der Waals surface area contributed by atoms with Gasteiger partial charge in [0.25, 0.3) is 0 Å². The maximum atomic E-state index is 10.9. The van der Waals surface area contributed by atoms with E-state index in [4.69, 9.17) is 5.73 Å². The molecule has 1 aromatic carbocycles. The maximum Gasteiger partial charge on any atom is 0.0266 e. The van der Waals surface area contributed by atoms with Crippen LogP contribution in [0.5, 0.6) is 0 Å². The predicted molar refractivity (Wildman–Crippen MR) is 53.7 cm³/mol. The van der Waals surface area contributed by atoms with Gasteiger partial charge >= 0.3 is 0 Å². The Morgan fingerprint density at radius 1 is 1.42 bits per heavy atom. The van der Waals surface area contributed by atoms with Gasteiger partial charge in [-0.15, -0.1) is 4.90 Å². The lowest BCUT2D eigenvalue weighted by molar-refractivity contribution is 0.604. The molecular weight excluding hydrogens is 189 g/mol. The van der Waals surface area contributed by atoms with Crippen LogP contribution in [0.3, 0.4) is 0 Å². The first-order valence-corrected chi connectivity index (χ1v) is 5.97. The van der Waals surface area contributed by atoms with Crippen LogP contribution in [-0.2, 0) is 14.2 Å². The van der Waals surface area contributed by atoms with E-state index in [1.165, 1.54) is 0 Å². The van der Waals surface area contributed by atoms with Gasteiger partial charge in [0.05, 0.1) is 0 Å². The van der Waals surface area contributed by atoms with Crippen molar-refractivity contribution in [3.63, 3.8) is 0 Å². The summed E-state index contributed by atoms with van der Waals surface area (Å²) in [6, 6.07) is 7.42. The summed E-state index contributed by atoms with van der Waals surface area (Å²) in [6.45, 7) is 1.92. The average molecular weight is 200 g/mol. The first-order chi connectivity index (χ1) is 5.61. The van der Waals surface area contributed by atoms with Crippen molar-refractivity contribution < 1.29 is 4.21 Å². The lowest BCUT2D eigenvalue weighted by atomic mass is 10.1. The maximum absolute atomic E-state index is 10.9. The van der Waals surface area contributed by atoms with Gasteiger partial charge in [0.2, 0.25) is 0 Å². The van der Waals surface area contributed by atoms with Crippen molar-refractivity contribution in [3.05, 3.63) is 29.8 Å². The van der Waals surface area contributed by atoms with Crippen LogP contribution < -0.4 is 5.73 Å². The zero-order valence-corrected chi connectivity index (χ0v) is 8.60. The smallest absolute Gasteiger partial charge is 0.0266 e.